The van der Waals surface area contributed by atoms with E-state index in [0.717, 1.165) is 32.5 Å². The molecule has 4 nitrogen and oxygen atoms in total. The lowest BCUT2D eigenvalue weighted by Crippen LogP contribution is -1.98. The van der Waals surface area contributed by atoms with Crippen LogP contribution in [0.25, 0.3) is 11.3 Å². The highest BCUT2D eigenvalue weighted by Gasteiger charge is 2.20. The summed E-state index contributed by atoms with van der Waals surface area (Å²) in [6.07, 6.45) is 1.61. The number of nitrogens with zero attached hydrogens (tertiary/aromatic N) is 1. The SMILES string of the molecule is COc1c(C)c(C)c(Br)c(C)c1-c1cnc(N)o1. The summed E-state index contributed by atoms with van der Waals surface area (Å²) in [5, 5.41) is 0. The first kappa shape index (κ1) is 13.0. The van der Waals surface area contributed by atoms with Crippen LogP contribution in [0.4, 0.5) is 6.01 Å². The maximum atomic E-state index is 5.53. The molecule has 0 aliphatic heterocycles. The van der Waals surface area contributed by atoms with Gasteiger partial charge in [0.15, 0.2) is 5.76 Å². The number of hydrogen-bond donors (Lipinski definition) is 1. The summed E-state index contributed by atoms with van der Waals surface area (Å²) in [6.45, 7) is 6.07. The van der Waals surface area contributed by atoms with E-state index in [9.17, 15) is 0 Å². The third-order valence-corrected chi connectivity index (χ3v) is 4.33. The minimum absolute atomic E-state index is 0.154. The van der Waals surface area contributed by atoms with Crippen LogP contribution in [0.1, 0.15) is 16.7 Å². The van der Waals surface area contributed by atoms with Crippen LogP contribution in [0.2, 0.25) is 0 Å². The Morgan fingerprint density at radius 2 is 1.89 bits per heavy atom. The Hall–Kier alpha value is -1.49. The number of ether oxygens (including phenoxy) is 1. The molecule has 1 aromatic carbocycles. The van der Waals surface area contributed by atoms with Crippen molar-refractivity contribution >= 4 is 21.9 Å². The van der Waals surface area contributed by atoms with Crippen LogP contribution in [0.3, 0.4) is 0 Å². The van der Waals surface area contributed by atoms with Gasteiger partial charge in [-0.25, -0.2) is 4.98 Å². The Kier molecular flexibility index (Phi) is 3.34. The van der Waals surface area contributed by atoms with Gasteiger partial charge in [0.05, 0.1) is 18.9 Å². The van der Waals surface area contributed by atoms with E-state index in [1.54, 1.807) is 13.3 Å². The molecule has 18 heavy (non-hydrogen) atoms. The van der Waals surface area contributed by atoms with E-state index in [2.05, 4.69) is 20.9 Å². The molecule has 1 aromatic heterocycles. The molecule has 5 heteroatoms. The minimum Gasteiger partial charge on any atom is -0.496 e. The molecule has 1 heterocycles. The van der Waals surface area contributed by atoms with E-state index in [-0.39, 0.29) is 6.01 Å². The fourth-order valence-electron chi connectivity index (χ4n) is 2.04. The molecule has 2 N–H and O–H groups in total. The molecule has 2 aromatic rings. The molecule has 0 fully saturated rings. The van der Waals surface area contributed by atoms with Crippen molar-refractivity contribution in [3.8, 4) is 17.1 Å². The Morgan fingerprint density at radius 3 is 2.39 bits per heavy atom. The Labute approximate surface area is 114 Å². The summed E-state index contributed by atoms with van der Waals surface area (Å²) < 4.78 is 12.0. The highest BCUT2D eigenvalue weighted by molar-refractivity contribution is 9.10. The predicted octanol–water partition coefficient (Wildman–Crippen LogP) is 3.62. The number of benzene rings is 1. The molecule has 0 aliphatic rings. The topological polar surface area (TPSA) is 61.3 Å². The average molecular weight is 311 g/mol. The Morgan fingerprint density at radius 1 is 1.22 bits per heavy atom. The van der Waals surface area contributed by atoms with Crippen molar-refractivity contribution in [1.82, 2.24) is 4.98 Å². The van der Waals surface area contributed by atoms with E-state index in [4.69, 9.17) is 14.9 Å². The van der Waals surface area contributed by atoms with Gasteiger partial charge in [-0.3, -0.25) is 0 Å². The molecular weight excluding hydrogens is 296 g/mol. The lowest BCUT2D eigenvalue weighted by Gasteiger charge is -2.17. The summed E-state index contributed by atoms with van der Waals surface area (Å²) in [4.78, 5) is 3.93. The van der Waals surface area contributed by atoms with Crippen molar-refractivity contribution in [2.45, 2.75) is 20.8 Å². The van der Waals surface area contributed by atoms with Crippen LogP contribution in [-0.4, -0.2) is 12.1 Å². The number of oxazole rings is 1. The summed E-state index contributed by atoms with van der Waals surface area (Å²) in [5.74, 6) is 1.41. The number of anilines is 1. The van der Waals surface area contributed by atoms with Gasteiger partial charge in [-0.1, -0.05) is 15.9 Å². The number of nitrogen functional groups attached to an aromatic ring is 1. The fourth-order valence-corrected chi connectivity index (χ4v) is 2.53. The molecule has 0 saturated carbocycles. The van der Waals surface area contributed by atoms with Gasteiger partial charge in [-0.15, -0.1) is 0 Å². The van der Waals surface area contributed by atoms with Gasteiger partial charge in [0.2, 0.25) is 0 Å². The lowest BCUT2D eigenvalue weighted by molar-refractivity contribution is 0.411. The van der Waals surface area contributed by atoms with Crippen LogP contribution in [0, 0.1) is 20.8 Å². The second-order valence-electron chi connectivity index (χ2n) is 4.16. The maximum absolute atomic E-state index is 5.53. The summed E-state index contributed by atoms with van der Waals surface area (Å²) in [6, 6.07) is 0.154. The largest absolute Gasteiger partial charge is 0.496 e. The number of hydrogen-bond acceptors (Lipinski definition) is 4. The highest BCUT2D eigenvalue weighted by Crippen LogP contribution is 2.42. The maximum Gasteiger partial charge on any atom is 0.292 e. The normalized spacial score (nSPS) is 10.7. The standard InChI is InChI=1S/C13H15BrN2O2/c1-6-7(2)12(17-4)10(8(3)11(6)14)9-5-16-13(15)18-9/h5H,1-4H3,(H2,15,16). The molecular formula is C13H15BrN2O2. The number of halogens is 1. The quantitative estimate of drug-likeness (QED) is 0.920. The molecule has 2 rings (SSSR count). The molecule has 0 aliphatic carbocycles. The van der Waals surface area contributed by atoms with Crippen molar-refractivity contribution in [3.63, 3.8) is 0 Å². The van der Waals surface area contributed by atoms with Gasteiger partial charge in [-0.2, -0.15) is 0 Å². The minimum atomic E-state index is 0.154. The number of nitrogens with two attached hydrogens (primary N) is 1. The Balaban J connectivity index is 2.81. The lowest BCUT2D eigenvalue weighted by atomic mass is 9.97. The Bertz CT molecular complexity index is 606. The van der Waals surface area contributed by atoms with Gasteiger partial charge in [0, 0.05) is 4.47 Å². The van der Waals surface area contributed by atoms with Crippen LogP contribution in [0.15, 0.2) is 15.1 Å². The zero-order valence-electron chi connectivity index (χ0n) is 10.8. The molecule has 0 saturated heterocycles. The third kappa shape index (κ3) is 1.88. The van der Waals surface area contributed by atoms with Gasteiger partial charge in [-0.05, 0) is 37.5 Å². The summed E-state index contributed by atoms with van der Waals surface area (Å²) >= 11 is 3.60. The first-order chi connectivity index (χ1) is 8.47. The van der Waals surface area contributed by atoms with Crippen LogP contribution >= 0.6 is 15.9 Å². The molecule has 0 unspecified atom stereocenters. The van der Waals surface area contributed by atoms with Crippen LogP contribution in [0.5, 0.6) is 5.75 Å². The van der Waals surface area contributed by atoms with E-state index < -0.39 is 0 Å². The van der Waals surface area contributed by atoms with Gasteiger partial charge >= 0.3 is 0 Å². The smallest absolute Gasteiger partial charge is 0.292 e. The summed E-state index contributed by atoms with van der Waals surface area (Å²) in [7, 11) is 1.65. The molecule has 0 atom stereocenters. The van der Waals surface area contributed by atoms with Crippen molar-refractivity contribution in [3.05, 3.63) is 27.4 Å². The zero-order chi connectivity index (χ0) is 13.4. The van der Waals surface area contributed by atoms with Crippen molar-refractivity contribution in [1.29, 1.82) is 0 Å². The average Bonchev–Trinajstić information content (AvgIpc) is 2.77. The van der Waals surface area contributed by atoms with Gasteiger partial charge < -0.3 is 14.9 Å². The monoisotopic (exact) mass is 310 g/mol. The number of methoxy groups -OCH3 is 1. The third-order valence-electron chi connectivity index (χ3n) is 3.14. The first-order valence-electron chi connectivity index (χ1n) is 5.52. The molecule has 0 bridgehead atoms. The summed E-state index contributed by atoms with van der Waals surface area (Å²) in [5.41, 5.74) is 9.69. The van der Waals surface area contributed by atoms with Crippen molar-refractivity contribution < 1.29 is 9.15 Å². The van der Waals surface area contributed by atoms with Crippen molar-refractivity contribution in [2.24, 2.45) is 0 Å². The van der Waals surface area contributed by atoms with E-state index >= 15 is 0 Å². The van der Waals surface area contributed by atoms with E-state index in [1.165, 1.54) is 0 Å². The molecule has 96 valence electrons. The predicted molar refractivity (Wildman–Crippen MR) is 74.8 cm³/mol. The molecule has 0 spiro atoms. The zero-order valence-corrected chi connectivity index (χ0v) is 12.4. The van der Waals surface area contributed by atoms with E-state index in [1.807, 2.05) is 20.8 Å². The fraction of sp³-hybridized carbons (Fsp3) is 0.308. The number of aromatic nitrogens is 1. The van der Waals surface area contributed by atoms with Gasteiger partial charge in [0.25, 0.3) is 6.01 Å². The van der Waals surface area contributed by atoms with Gasteiger partial charge in [0.1, 0.15) is 5.75 Å². The second kappa shape index (κ2) is 4.65. The molecule has 0 radical (unpaired) electrons. The first-order valence-corrected chi connectivity index (χ1v) is 6.31. The van der Waals surface area contributed by atoms with E-state index in [0.29, 0.717) is 5.76 Å². The number of rotatable bonds is 2. The van der Waals surface area contributed by atoms with Crippen molar-refractivity contribution in [2.75, 3.05) is 12.8 Å². The van der Waals surface area contributed by atoms with Crippen LogP contribution in [-0.2, 0) is 0 Å². The van der Waals surface area contributed by atoms with Crippen LogP contribution < -0.4 is 10.5 Å². The molecule has 0 amide bonds. The second-order valence-corrected chi connectivity index (χ2v) is 4.95. The highest BCUT2D eigenvalue weighted by atomic mass is 79.9.